The maximum absolute atomic E-state index is 12.4. The van der Waals surface area contributed by atoms with E-state index in [0.29, 0.717) is 22.6 Å². The second kappa shape index (κ2) is 5.67. The fourth-order valence-electron chi connectivity index (χ4n) is 2.10. The van der Waals surface area contributed by atoms with Crippen molar-refractivity contribution in [2.75, 3.05) is 0 Å². The van der Waals surface area contributed by atoms with Gasteiger partial charge in [-0.05, 0) is 34.1 Å². The SMILES string of the molecule is O=c1c2ccccc2nnn1Cc1nc(-c2cc(Br)cs2)no1. The summed E-state index contributed by atoms with van der Waals surface area (Å²) in [6.07, 6.45) is 0. The van der Waals surface area contributed by atoms with E-state index in [4.69, 9.17) is 4.52 Å². The lowest BCUT2D eigenvalue weighted by atomic mass is 10.2. The van der Waals surface area contributed by atoms with Gasteiger partial charge in [-0.25, -0.2) is 4.68 Å². The van der Waals surface area contributed by atoms with Gasteiger partial charge in [-0.1, -0.05) is 22.5 Å². The van der Waals surface area contributed by atoms with Crippen LogP contribution in [0, 0.1) is 0 Å². The van der Waals surface area contributed by atoms with Gasteiger partial charge < -0.3 is 4.52 Å². The van der Waals surface area contributed by atoms with Gasteiger partial charge in [0.1, 0.15) is 12.1 Å². The van der Waals surface area contributed by atoms with Gasteiger partial charge in [-0.15, -0.1) is 16.4 Å². The first kappa shape index (κ1) is 14.2. The zero-order valence-corrected chi connectivity index (χ0v) is 13.9. The number of thiophene rings is 1. The molecule has 0 spiro atoms. The molecule has 9 heteroatoms. The molecule has 0 atom stereocenters. The molecule has 4 rings (SSSR count). The summed E-state index contributed by atoms with van der Waals surface area (Å²) in [5.41, 5.74) is 0.317. The molecule has 23 heavy (non-hydrogen) atoms. The van der Waals surface area contributed by atoms with Gasteiger partial charge in [0.15, 0.2) is 0 Å². The van der Waals surface area contributed by atoms with E-state index in [0.717, 1.165) is 9.35 Å². The van der Waals surface area contributed by atoms with E-state index in [1.807, 2.05) is 17.5 Å². The van der Waals surface area contributed by atoms with E-state index in [1.165, 1.54) is 16.0 Å². The number of fused-ring (bicyclic) bond motifs is 1. The Kier molecular flexibility index (Phi) is 3.50. The molecule has 0 aliphatic heterocycles. The highest BCUT2D eigenvalue weighted by Gasteiger charge is 2.13. The zero-order chi connectivity index (χ0) is 15.8. The van der Waals surface area contributed by atoms with Gasteiger partial charge in [0.05, 0.1) is 10.3 Å². The summed E-state index contributed by atoms with van der Waals surface area (Å²) in [5, 5.41) is 14.3. The summed E-state index contributed by atoms with van der Waals surface area (Å²) in [7, 11) is 0. The first-order chi connectivity index (χ1) is 11.2. The lowest BCUT2D eigenvalue weighted by Crippen LogP contribution is -2.24. The van der Waals surface area contributed by atoms with Crippen LogP contribution in [0.1, 0.15) is 5.89 Å². The molecule has 0 saturated carbocycles. The molecule has 7 nitrogen and oxygen atoms in total. The summed E-state index contributed by atoms with van der Waals surface area (Å²) in [6, 6.07) is 8.96. The largest absolute Gasteiger partial charge is 0.337 e. The molecule has 0 radical (unpaired) electrons. The van der Waals surface area contributed by atoms with Crippen LogP contribution in [0.2, 0.25) is 0 Å². The molecule has 0 N–H and O–H groups in total. The quantitative estimate of drug-likeness (QED) is 0.535. The Labute approximate surface area is 141 Å². The Morgan fingerprint density at radius 3 is 3.00 bits per heavy atom. The van der Waals surface area contributed by atoms with Crippen molar-refractivity contribution in [2.45, 2.75) is 6.54 Å². The summed E-state index contributed by atoms with van der Waals surface area (Å²) in [4.78, 5) is 17.6. The Morgan fingerprint density at radius 1 is 1.30 bits per heavy atom. The van der Waals surface area contributed by atoms with E-state index in [2.05, 4.69) is 36.4 Å². The van der Waals surface area contributed by atoms with Crippen molar-refractivity contribution < 1.29 is 4.52 Å². The Balaban J connectivity index is 1.67. The molecule has 114 valence electrons. The number of benzene rings is 1. The topological polar surface area (TPSA) is 86.7 Å². The van der Waals surface area contributed by atoms with Gasteiger partial charge >= 0.3 is 0 Å². The second-order valence-corrected chi connectivity index (χ2v) is 6.54. The van der Waals surface area contributed by atoms with Crippen LogP contribution in [0.5, 0.6) is 0 Å². The molecular formula is C14H8BrN5O2S. The first-order valence-corrected chi connectivity index (χ1v) is 8.27. The summed E-state index contributed by atoms with van der Waals surface area (Å²) < 4.78 is 7.37. The summed E-state index contributed by atoms with van der Waals surface area (Å²) >= 11 is 4.88. The van der Waals surface area contributed by atoms with Crippen LogP contribution in [-0.4, -0.2) is 25.1 Å². The van der Waals surface area contributed by atoms with E-state index >= 15 is 0 Å². The summed E-state index contributed by atoms with van der Waals surface area (Å²) in [5.74, 6) is 0.786. The molecule has 4 aromatic rings. The molecule has 0 fully saturated rings. The predicted octanol–water partition coefficient (Wildman–Crippen LogP) is 2.71. The van der Waals surface area contributed by atoms with Crippen molar-refractivity contribution >= 4 is 38.2 Å². The zero-order valence-electron chi connectivity index (χ0n) is 11.5. The lowest BCUT2D eigenvalue weighted by Gasteiger charge is -2.01. The maximum atomic E-state index is 12.4. The number of rotatable bonds is 3. The smallest absolute Gasteiger partial charge is 0.278 e. The van der Waals surface area contributed by atoms with E-state index < -0.39 is 0 Å². The van der Waals surface area contributed by atoms with Crippen molar-refractivity contribution in [3.63, 3.8) is 0 Å². The minimum absolute atomic E-state index is 0.0796. The third kappa shape index (κ3) is 2.68. The first-order valence-electron chi connectivity index (χ1n) is 6.60. The number of hydrogen-bond donors (Lipinski definition) is 0. The van der Waals surface area contributed by atoms with Crippen LogP contribution in [0.3, 0.4) is 0 Å². The van der Waals surface area contributed by atoms with Gasteiger partial charge in [0.25, 0.3) is 5.56 Å². The van der Waals surface area contributed by atoms with E-state index in [1.54, 1.807) is 18.2 Å². The fraction of sp³-hybridized carbons (Fsp3) is 0.0714. The third-order valence-electron chi connectivity index (χ3n) is 3.17. The number of nitrogens with zero attached hydrogens (tertiary/aromatic N) is 5. The van der Waals surface area contributed by atoms with Gasteiger partial charge in [0, 0.05) is 9.85 Å². The molecule has 0 saturated heterocycles. The number of hydrogen-bond acceptors (Lipinski definition) is 7. The standard InChI is InChI=1S/C14H8BrN5O2S/c15-8-5-11(23-7-8)13-16-12(22-18-13)6-20-14(21)9-3-1-2-4-10(9)17-19-20/h1-5,7H,6H2. The molecular weight excluding hydrogens is 382 g/mol. The highest BCUT2D eigenvalue weighted by atomic mass is 79.9. The van der Waals surface area contributed by atoms with Crippen molar-refractivity contribution in [1.29, 1.82) is 0 Å². The van der Waals surface area contributed by atoms with Crippen molar-refractivity contribution in [3.8, 4) is 10.7 Å². The molecule has 0 unspecified atom stereocenters. The second-order valence-electron chi connectivity index (χ2n) is 4.71. The minimum atomic E-state index is -0.241. The van der Waals surface area contributed by atoms with Crippen LogP contribution >= 0.6 is 27.3 Å². The highest BCUT2D eigenvalue weighted by Crippen LogP contribution is 2.27. The molecule has 0 aliphatic rings. The van der Waals surface area contributed by atoms with Gasteiger partial charge in [0.2, 0.25) is 11.7 Å². The fourth-order valence-corrected chi connectivity index (χ4v) is 3.46. The minimum Gasteiger partial charge on any atom is -0.337 e. The average molecular weight is 390 g/mol. The van der Waals surface area contributed by atoms with Crippen molar-refractivity contribution in [1.82, 2.24) is 25.1 Å². The van der Waals surface area contributed by atoms with Crippen LogP contribution < -0.4 is 5.56 Å². The summed E-state index contributed by atoms with van der Waals surface area (Å²) in [6.45, 7) is 0.0796. The molecule has 3 heterocycles. The molecule has 0 aliphatic carbocycles. The van der Waals surface area contributed by atoms with Crippen molar-refractivity contribution in [2.24, 2.45) is 0 Å². The van der Waals surface area contributed by atoms with Crippen molar-refractivity contribution in [3.05, 3.63) is 56.4 Å². The van der Waals surface area contributed by atoms with Crippen LogP contribution in [-0.2, 0) is 6.54 Å². The van der Waals surface area contributed by atoms with E-state index in [9.17, 15) is 4.79 Å². The molecule has 0 amide bonds. The predicted molar refractivity (Wildman–Crippen MR) is 88.2 cm³/mol. The normalized spacial score (nSPS) is 11.2. The molecule has 3 aromatic heterocycles. The van der Waals surface area contributed by atoms with Crippen LogP contribution in [0.4, 0.5) is 0 Å². The Bertz CT molecular complexity index is 1050. The number of halogens is 1. The average Bonchev–Trinajstić information content (AvgIpc) is 3.19. The highest BCUT2D eigenvalue weighted by molar-refractivity contribution is 9.10. The van der Waals surface area contributed by atoms with E-state index in [-0.39, 0.29) is 12.1 Å². The van der Waals surface area contributed by atoms with Crippen LogP contribution in [0.15, 0.2) is 49.5 Å². The Hall–Kier alpha value is -2.39. The monoisotopic (exact) mass is 389 g/mol. The van der Waals surface area contributed by atoms with Gasteiger partial charge in [-0.3, -0.25) is 4.79 Å². The lowest BCUT2D eigenvalue weighted by molar-refractivity contribution is 0.361. The maximum Gasteiger partial charge on any atom is 0.278 e. The number of aromatic nitrogens is 5. The van der Waals surface area contributed by atoms with Gasteiger partial charge in [-0.2, -0.15) is 4.98 Å². The van der Waals surface area contributed by atoms with Crippen LogP contribution in [0.25, 0.3) is 21.6 Å². The molecule has 1 aromatic carbocycles. The molecule has 0 bridgehead atoms. The Morgan fingerprint density at radius 2 is 2.17 bits per heavy atom. The third-order valence-corrected chi connectivity index (χ3v) is 4.86.